The number of anilines is 1. The van der Waals surface area contributed by atoms with Gasteiger partial charge in [0.05, 0.1) is 12.2 Å². The molecular weight excluding hydrogens is 328 g/mol. The fourth-order valence-electron chi connectivity index (χ4n) is 3.41. The van der Waals surface area contributed by atoms with Crippen molar-refractivity contribution in [1.82, 2.24) is 14.8 Å². The Kier molecular flexibility index (Phi) is 4.24. The molecule has 3 heterocycles. The van der Waals surface area contributed by atoms with Gasteiger partial charge in [0.1, 0.15) is 18.2 Å². The maximum atomic E-state index is 12.9. The summed E-state index contributed by atoms with van der Waals surface area (Å²) < 4.78 is 5.87. The Labute approximate surface area is 152 Å². The summed E-state index contributed by atoms with van der Waals surface area (Å²) in [4.78, 5) is 20.9. The van der Waals surface area contributed by atoms with Gasteiger partial charge in [0.15, 0.2) is 0 Å². The van der Waals surface area contributed by atoms with E-state index < -0.39 is 0 Å². The molecule has 0 unspecified atom stereocenters. The van der Waals surface area contributed by atoms with Crippen LogP contribution in [0, 0.1) is 0 Å². The lowest BCUT2D eigenvalue weighted by Crippen LogP contribution is -2.36. The largest absolute Gasteiger partial charge is 0.491 e. The molecule has 6 nitrogen and oxygen atoms in total. The van der Waals surface area contributed by atoms with Crippen molar-refractivity contribution < 1.29 is 9.53 Å². The van der Waals surface area contributed by atoms with Crippen LogP contribution in [-0.2, 0) is 11.3 Å². The average Bonchev–Trinajstić information content (AvgIpc) is 2.96. The van der Waals surface area contributed by atoms with Crippen molar-refractivity contribution in [2.24, 2.45) is 0 Å². The van der Waals surface area contributed by atoms with Gasteiger partial charge in [-0.1, -0.05) is 12.1 Å². The molecule has 0 atom stereocenters. The Morgan fingerprint density at radius 2 is 2.04 bits per heavy atom. The number of nitrogens with two attached hydrogens (primary N) is 1. The molecule has 0 bridgehead atoms. The van der Waals surface area contributed by atoms with Crippen LogP contribution in [0.4, 0.5) is 5.82 Å². The van der Waals surface area contributed by atoms with Crippen LogP contribution in [-0.4, -0.2) is 47.4 Å². The third-order valence-corrected chi connectivity index (χ3v) is 4.88. The molecule has 0 radical (unpaired) electrons. The minimum atomic E-state index is 0.0704. The maximum Gasteiger partial charge on any atom is 0.270 e. The van der Waals surface area contributed by atoms with Gasteiger partial charge in [0, 0.05) is 37.5 Å². The van der Waals surface area contributed by atoms with Crippen molar-refractivity contribution in [3.05, 3.63) is 53.9 Å². The summed E-state index contributed by atoms with van der Waals surface area (Å²) in [5.41, 5.74) is 9.49. The lowest BCUT2D eigenvalue weighted by molar-refractivity contribution is -0.129. The number of likely N-dealkylation sites (N-methyl/N-ethyl adjacent to an activating group) is 1. The zero-order chi connectivity index (χ0) is 18.1. The molecule has 2 aliphatic rings. The van der Waals surface area contributed by atoms with Gasteiger partial charge in [-0.05, 0) is 36.2 Å². The third-order valence-electron chi connectivity index (χ3n) is 4.88. The molecule has 1 aromatic carbocycles. The fourth-order valence-corrected chi connectivity index (χ4v) is 3.41. The first kappa shape index (κ1) is 16.4. The summed E-state index contributed by atoms with van der Waals surface area (Å²) in [6.45, 7) is 2.52. The van der Waals surface area contributed by atoms with Crippen molar-refractivity contribution >= 4 is 11.7 Å². The highest BCUT2D eigenvalue weighted by Gasteiger charge is 2.26. The monoisotopic (exact) mass is 350 g/mol. The number of carbonyl (C=O) groups excluding carboxylic acids is 1. The fraction of sp³-hybridized carbons (Fsp3) is 0.300. The molecule has 2 aliphatic heterocycles. The molecule has 0 saturated heterocycles. The number of ether oxygens (including phenoxy) is 1. The summed E-state index contributed by atoms with van der Waals surface area (Å²) in [5.74, 6) is 1.40. The normalized spacial score (nSPS) is 16.6. The van der Waals surface area contributed by atoms with E-state index in [4.69, 9.17) is 10.5 Å². The number of hydrogen-bond acceptors (Lipinski definition) is 5. The molecule has 4 rings (SSSR count). The minimum Gasteiger partial charge on any atom is -0.491 e. The van der Waals surface area contributed by atoms with E-state index in [2.05, 4.69) is 11.1 Å². The number of nitrogen functional groups attached to an aromatic ring is 1. The van der Waals surface area contributed by atoms with E-state index in [0.717, 1.165) is 41.1 Å². The predicted octanol–water partition coefficient (Wildman–Crippen LogP) is 2.27. The number of amides is 1. The van der Waals surface area contributed by atoms with Gasteiger partial charge in [-0.15, -0.1) is 0 Å². The molecule has 2 N–H and O–H groups in total. The van der Waals surface area contributed by atoms with Gasteiger partial charge in [-0.25, -0.2) is 4.98 Å². The second-order valence-corrected chi connectivity index (χ2v) is 6.67. The van der Waals surface area contributed by atoms with Crippen LogP contribution in [0.15, 0.2) is 48.3 Å². The first-order chi connectivity index (χ1) is 12.6. The van der Waals surface area contributed by atoms with Crippen molar-refractivity contribution in [3.63, 3.8) is 0 Å². The second kappa shape index (κ2) is 6.71. The number of nitrogens with zero attached hydrogens (tertiary/aromatic N) is 3. The second-order valence-electron chi connectivity index (χ2n) is 6.67. The maximum absolute atomic E-state index is 12.9. The smallest absolute Gasteiger partial charge is 0.270 e. The van der Waals surface area contributed by atoms with Gasteiger partial charge in [0.25, 0.3) is 5.91 Å². The lowest BCUT2D eigenvalue weighted by Gasteiger charge is -2.24. The molecule has 26 heavy (non-hydrogen) atoms. The van der Waals surface area contributed by atoms with E-state index in [1.807, 2.05) is 41.1 Å². The Balaban J connectivity index is 1.61. The summed E-state index contributed by atoms with van der Waals surface area (Å²) >= 11 is 0. The van der Waals surface area contributed by atoms with Crippen molar-refractivity contribution in [2.75, 3.05) is 32.5 Å². The highest BCUT2D eigenvalue weighted by atomic mass is 16.5. The molecule has 2 aromatic rings. The Hall–Kier alpha value is -3.02. The predicted molar refractivity (Wildman–Crippen MR) is 100 cm³/mol. The van der Waals surface area contributed by atoms with Gasteiger partial charge in [0.2, 0.25) is 0 Å². The number of pyridine rings is 1. The van der Waals surface area contributed by atoms with Gasteiger partial charge >= 0.3 is 0 Å². The van der Waals surface area contributed by atoms with E-state index in [1.165, 1.54) is 0 Å². The van der Waals surface area contributed by atoms with Crippen LogP contribution in [0.25, 0.3) is 11.1 Å². The first-order valence-corrected chi connectivity index (χ1v) is 8.80. The van der Waals surface area contributed by atoms with Crippen molar-refractivity contribution in [1.29, 1.82) is 0 Å². The topological polar surface area (TPSA) is 71.7 Å². The van der Waals surface area contributed by atoms with Gasteiger partial charge in [-0.2, -0.15) is 0 Å². The van der Waals surface area contributed by atoms with E-state index in [1.54, 1.807) is 12.3 Å². The summed E-state index contributed by atoms with van der Waals surface area (Å²) in [6.07, 6.45) is 4.70. The zero-order valence-electron chi connectivity index (χ0n) is 14.8. The van der Waals surface area contributed by atoms with E-state index in [0.29, 0.717) is 25.5 Å². The van der Waals surface area contributed by atoms with Crippen LogP contribution < -0.4 is 10.5 Å². The summed E-state index contributed by atoms with van der Waals surface area (Å²) in [6, 6.07) is 9.78. The number of aromatic nitrogens is 1. The van der Waals surface area contributed by atoms with Crippen LogP contribution in [0.1, 0.15) is 12.0 Å². The Morgan fingerprint density at radius 3 is 2.77 bits per heavy atom. The molecule has 1 amide bonds. The third kappa shape index (κ3) is 3.10. The zero-order valence-corrected chi connectivity index (χ0v) is 14.8. The van der Waals surface area contributed by atoms with Gasteiger partial charge in [-0.3, -0.25) is 4.79 Å². The van der Waals surface area contributed by atoms with E-state index in [9.17, 15) is 4.79 Å². The van der Waals surface area contributed by atoms with E-state index >= 15 is 0 Å². The number of carbonyl (C=O) groups is 1. The van der Waals surface area contributed by atoms with Crippen molar-refractivity contribution in [3.8, 4) is 16.9 Å². The Bertz CT molecular complexity index is 861. The number of fused-ring (bicyclic) bond motifs is 1. The first-order valence-electron chi connectivity index (χ1n) is 8.80. The molecule has 0 saturated carbocycles. The molecule has 0 aliphatic carbocycles. The number of hydrogen-bond donors (Lipinski definition) is 1. The lowest BCUT2D eigenvalue weighted by atomic mass is 10.0. The average molecular weight is 350 g/mol. The molecule has 0 spiro atoms. The molecule has 6 heteroatoms. The summed E-state index contributed by atoms with van der Waals surface area (Å²) in [5, 5.41) is 0. The van der Waals surface area contributed by atoms with E-state index in [-0.39, 0.29) is 5.91 Å². The quantitative estimate of drug-likeness (QED) is 0.900. The standard InChI is InChI=1S/C20H22N4O2/c1-23-8-2-3-17(23)20(25)24-9-10-26-18-6-4-14(11-16(18)13-24)15-5-7-19(21)22-12-15/h3-7,11-12H,2,8-10,13H2,1H3,(H2,21,22). The van der Waals surface area contributed by atoms with Crippen LogP contribution in [0.5, 0.6) is 5.75 Å². The SMILES string of the molecule is CN1CCC=C1C(=O)N1CCOc2ccc(-c3ccc(N)nc3)cc2C1. The highest BCUT2D eigenvalue weighted by Crippen LogP contribution is 2.30. The van der Waals surface area contributed by atoms with Crippen LogP contribution in [0.3, 0.4) is 0 Å². The molecular formula is C20H22N4O2. The Morgan fingerprint density at radius 1 is 1.19 bits per heavy atom. The molecule has 0 fully saturated rings. The van der Waals surface area contributed by atoms with Crippen LogP contribution in [0.2, 0.25) is 0 Å². The van der Waals surface area contributed by atoms with Crippen molar-refractivity contribution in [2.45, 2.75) is 13.0 Å². The molecule has 1 aromatic heterocycles. The highest BCUT2D eigenvalue weighted by molar-refractivity contribution is 5.93. The number of benzene rings is 1. The van der Waals surface area contributed by atoms with Crippen LogP contribution >= 0.6 is 0 Å². The minimum absolute atomic E-state index is 0.0704. The molecule has 134 valence electrons. The van der Waals surface area contributed by atoms with Gasteiger partial charge < -0.3 is 20.3 Å². The summed E-state index contributed by atoms with van der Waals surface area (Å²) in [7, 11) is 1.96. The number of rotatable bonds is 2.